The Hall–Kier alpha value is -1.95. The number of hydrogen-bond donors (Lipinski definition) is 0. The minimum atomic E-state index is -0.350. The molecule has 0 radical (unpaired) electrons. The summed E-state index contributed by atoms with van der Waals surface area (Å²) in [6.45, 7) is 2.55. The summed E-state index contributed by atoms with van der Waals surface area (Å²) >= 11 is 0. The summed E-state index contributed by atoms with van der Waals surface area (Å²) in [5.41, 5.74) is 0.445. The molecule has 25 heavy (non-hydrogen) atoms. The van der Waals surface area contributed by atoms with Crippen molar-refractivity contribution < 1.29 is 14.3 Å². The summed E-state index contributed by atoms with van der Waals surface area (Å²) in [4.78, 5) is 33.8. The predicted molar refractivity (Wildman–Crippen MR) is 92.0 cm³/mol. The van der Waals surface area contributed by atoms with Crippen molar-refractivity contribution in [3.8, 4) is 0 Å². The number of morpholine rings is 1. The first-order valence-electron chi connectivity index (χ1n) is 9.32. The molecule has 3 fully saturated rings. The largest absolute Gasteiger partial charge is 0.371 e. The molecule has 1 aliphatic carbocycles. The molecular weight excluding hydrogens is 318 g/mol. The molecular formula is C19H25N3O3. The van der Waals surface area contributed by atoms with Crippen molar-refractivity contribution in [2.24, 2.45) is 0 Å². The van der Waals surface area contributed by atoms with E-state index >= 15 is 0 Å². The van der Waals surface area contributed by atoms with Crippen molar-refractivity contribution in [1.29, 1.82) is 0 Å². The molecule has 2 aliphatic heterocycles. The normalized spacial score (nSPS) is 25.5. The molecule has 0 unspecified atom stereocenters. The molecule has 1 atom stereocenters. The second-order valence-electron chi connectivity index (χ2n) is 7.40. The van der Waals surface area contributed by atoms with E-state index in [0.29, 0.717) is 31.8 Å². The summed E-state index contributed by atoms with van der Waals surface area (Å²) in [7, 11) is 0. The molecule has 0 bridgehead atoms. The van der Waals surface area contributed by atoms with Crippen LogP contribution in [0.5, 0.6) is 0 Å². The van der Waals surface area contributed by atoms with E-state index in [-0.39, 0.29) is 23.5 Å². The number of ether oxygens (including phenoxy) is 1. The minimum Gasteiger partial charge on any atom is -0.371 e. The van der Waals surface area contributed by atoms with Gasteiger partial charge in [-0.15, -0.1) is 0 Å². The van der Waals surface area contributed by atoms with Gasteiger partial charge in [-0.3, -0.25) is 14.6 Å². The molecule has 2 amide bonds. The van der Waals surface area contributed by atoms with Gasteiger partial charge in [0.25, 0.3) is 5.91 Å². The molecule has 6 heteroatoms. The van der Waals surface area contributed by atoms with Crippen LogP contribution in [0.4, 0.5) is 0 Å². The van der Waals surface area contributed by atoms with Crippen molar-refractivity contribution in [3.63, 3.8) is 0 Å². The minimum absolute atomic E-state index is 0.0854. The Labute approximate surface area is 148 Å². The maximum Gasteiger partial charge on any atom is 0.256 e. The first-order chi connectivity index (χ1) is 12.2. The standard InChI is InChI=1S/C19H25N3O3/c23-17(15-5-3-9-20-13-15)22-10-2-1-6-16(22)18(24)21-11-12-25-19(14-21)7-4-8-19/h3,5,9,13,16H,1-2,4,6-8,10-12,14H2/t16-/m0/s1. The lowest BCUT2D eigenvalue weighted by molar-refractivity contribution is -0.171. The van der Waals surface area contributed by atoms with E-state index in [0.717, 1.165) is 32.1 Å². The lowest BCUT2D eigenvalue weighted by atomic mass is 9.78. The highest BCUT2D eigenvalue weighted by atomic mass is 16.5. The molecule has 1 saturated carbocycles. The van der Waals surface area contributed by atoms with E-state index in [1.807, 2.05) is 4.90 Å². The van der Waals surface area contributed by atoms with E-state index in [9.17, 15) is 9.59 Å². The Bertz CT molecular complexity index is 645. The highest BCUT2D eigenvalue weighted by Crippen LogP contribution is 2.38. The molecule has 6 nitrogen and oxygen atoms in total. The highest BCUT2D eigenvalue weighted by Gasteiger charge is 2.45. The average Bonchev–Trinajstić information content (AvgIpc) is 2.66. The quantitative estimate of drug-likeness (QED) is 0.822. The Morgan fingerprint density at radius 2 is 2.08 bits per heavy atom. The zero-order chi connectivity index (χ0) is 17.3. The van der Waals surface area contributed by atoms with Gasteiger partial charge in [-0.05, 0) is 50.7 Å². The number of likely N-dealkylation sites (tertiary alicyclic amines) is 1. The predicted octanol–water partition coefficient (Wildman–Crippen LogP) is 1.86. The number of carbonyl (C=O) groups is 2. The zero-order valence-electron chi connectivity index (χ0n) is 14.5. The van der Waals surface area contributed by atoms with Gasteiger partial charge in [-0.25, -0.2) is 0 Å². The molecule has 0 aromatic carbocycles. The van der Waals surface area contributed by atoms with Crippen LogP contribution in [-0.4, -0.2) is 64.5 Å². The fourth-order valence-corrected chi connectivity index (χ4v) is 4.20. The first kappa shape index (κ1) is 16.5. The number of aromatic nitrogens is 1. The highest BCUT2D eigenvalue weighted by molar-refractivity contribution is 5.97. The third-order valence-corrected chi connectivity index (χ3v) is 5.78. The average molecular weight is 343 g/mol. The zero-order valence-corrected chi connectivity index (χ0v) is 14.5. The smallest absolute Gasteiger partial charge is 0.256 e. The van der Waals surface area contributed by atoms with Crippen molar-refractivity contribution in [3.05, 3.63) is 30.1 Å². The second kappa shape index (κ2) is 6.75. The Balaban J connectivity index is 1.50. The maximum atomic E-state index is 13.2. The van der Waals surface area contributed by atoms with Crippen molar-refractivity contribution in [1.82, 2.24) is 14.8 Å². The van der Waals surface area contributed by atoms with Gasteiger partial charge < -0.3 is 14.5 Å². The van der Waals surface area contributed by atoms with Crippen molar-refractivity contribution >= 4 is 11.8 Å². The van der Waals surface area contributed by atoms with Crippen LogP contribution in [0, 0.1) is 0 Å². The Morgan fingerprint density at radius 3 is 2.80 bits per heavy atom. The first-order valence-corrected chi connectivity index (χ1v) is 9.32. The van der Waals surface area contributed by atoms with Gasteiger partial charge in [0.2, 0.25) is 5.91 Å². The number of rotatable bonds is 2. The lowest BCUT2D eigenvalue weighted by Crippen LogP contribution is -2.61. The SMILES string of the molecule is O=C([C@@H]1CCCCN1C(=O)c1cccnc1)N1CCOC2(CCC2)C1. The summed E-state index contributed by atoms with van der Waals surface area (Å²) in [6.07, 6.45) is 9.18. The van der Waals surface area contributed by atoms with Gasteiger partial charge in [-0.1, -0.05) is 0 Å². The Morgan fingerprint density at radius 1 is 1.20 bits per heavy atom. The van der Waals surface area contributed by atoms with Crippen LogP contribution >= 0.6 is 0 Å². The lowest BCUT2D eigenvalue weighted by Gasteiger charge is -2.49. The van der Waals surface area contributed by atoms with Gasteiger partial charge >= 0.3 is 0 Å². The molecule has 1 aromatic heterocycles. The van der Waals surface area contributed by atoms with Crippen molar-refractivity contribution in [2.45, 2.75) is 50.2 Å². The van der Waals surface area contributed by atoms with E-state index in [2.05, 4.69) is 4.98 Å². The summed E-state index contributed by atoms with van der Waals surface area (Å²) in [5, 5.41) is 0. The van der Waals surface area contributed by atoms with E-state index in [4.69, 9.17) is 4.74 Å². The van der Waals surface area contributed by atoms with Gasteiger partial charge in [0.15, 0.2) is 0 Å². The number of carbonyl (C=O) groups excluding carboxylic acids is 2. The molecule has 134 valence electrons. The fourth-order valence-electron chi connectivity index (χ4n) is 4.20. The van der Waals surface area contributed by atoms with Gasteiger partial charge in [0, 0.05) is 32.0 Å². The molecule has 1 spiro atoms. The third-order valence-electron chi connectivity index (χ3n) is 5.78. The summed E-state index contributed by atoms with van der Waals surface area (Å²) < 4.78 is 5.93. The van der Waals surface area contributed by atoms with Crippen LogP contribution in [0.15, 0.2) is 24.5 Å². The van der Waals surface area contributed by atoms with E-state index < -0.39 is 0 Å². The van der Waals surface area contributed by atoms with Gasteiger partial charge in [0.1, 0.15) is 6.04 Å². The molecule has 0 N–H and O–H groups in total. The maximum absolute atomic E-state index is 13.2. The molecule has 2 saturated heterocycles. The van der Waals surface area contributed by atoms with Crippen LogP contribution in [-0.2, 0) is 9.53 Å². The van der Waals surface area contributed by atoms with Crippen LogP contribution in [0.3, 0.4) is 0 Å². The number of nitrogens with zero attached hydrogens (tertiary/aromatic N) is 3. The number of amides is 2. The van der Waals surface area contributed by atoms with Crippen LogP contribution < -0.4 is 0 Å². The van der Waals surface area contributed by atoms with Gasteiger partial charge in [-0.2, -0.15) is 0 Å². The molecule has 4 rings (SSSR count). The number of hydrogen-bond acceptors (Lipinski definition) is 4. The van der Waals surface area contributed by atoms with Crippen molar-refractivity contribution in [2.75, 3.05) is 26.2 Å². The van der Waals surface area contributed by atoms with Crippen LogP contribution in [0.2, 0.25) is 0 Å². The fraction of sp³-hybridized carbons (Fsp3) is 0.632. The molecule has 3 aliphatic rings. The van der Waals surface area contributed by atoms with E-state index in [1.54, 1.807) is 29.4 Å². The van der Waals surface area contributed by atoms with Crippen LogP contribution in [0.1, 0.15) is 48.9 Å². The topological polar surface area (TPSA) is 62.7 Å². The Kier molecular flexibility index (Phi) is 4.46. The monoisotopic (exact) mass is 343 g/mol. The van der Waals surface area contributed by atoms with E-state index in [1.165, 1.54) is 6.42 Å². The molecule has 1 aromatic rings. The van der Waals surface area contributed by atoms with Crippen LogP contribution in [0.25, 0.3) is 0 Å². The second-order valence-corrected chi connectivity index (χ2v) is 7.40. The molecule has 3 heterocycles. The summed E-state index contributed by atoms with van der Waals surface area (Å²) in [5.74, 6) is 0.00396. The third kappa shape index (κ3) is 3.15. The van der Waals surface area contributed by atoms with Gasteiger partial charge in [0.05, 0.1) is 17.8 Å². The number of pyridine rings is 1. The summed E-state index contributed by atoms with van der Waals surface area (Å²) in [6, 6.07) is 3.18. The number of piperidine rings is 1.